The van der Waals surface area contributed by atoms with Crippen LogP contribution in [0.5, 0.6) is 0 Å². The van der Waals surface area contributed by atoms with E-state index in [4.69, 9.17) is 5.73 Å². The SMILES string of the molecule is CCCCCCCCCCCCC(C)(CC)CN. The highest BCUT2D eigenvalue weighted by Crippen LogP contribution is 2.27. The molecule has 0 aromatic carbocycles. The van der Waals surface area contributed by atoms with Gasteiger partial charge in [0.15, 0.2) is 0 Å². The summed E-state index contributed by atoms with van der Waals surface area (Å²) in [6.07, 6.45) is 16.8. The van der Waals surface area contributed by atoms with Gasteiger partial charge in [-0.2, -0.15) is 0 Å². The lowest BCUT2D eigenvalue weighted by Crippen LogP contribution is -2.26. The van der Waals surface area contributed by atoms with Gasteiger partial charge in [-0.3, -0.25) is 0 Å². The molecule has 0 rings (SSSR count). The highest BCUT2D eigenvalue weighted by molar-refractivity contribution is 4.73. The van der Waals surface area contributed by atoms with Crippen molar-refractivity contribution in [3.63, 3.8) is 0 Å². The van der Waals surface area contributed by atoms with Crippen molar-refractivity contribution in [2.75, 3.05) is 6.54 Å². The van der Waals surface area contributed by atoms with Gasteiger partial charge in [-0.05, 0) is 24.8 Å². The Bertz CT molecular complexity index is 161. The summed E-state index contributed by atoms with van der Waals surface area (Å²) in [6, 6.07) is 0. The largest absolute Gasteiger partial charge is 0.330 e. The van der Waals surface area contributed by atoms with Crippen LogP contribution in [-0.4, -0.2) is 6.54 Å². The summed E-state index contributed by atoms with van der Waals surface area (Å²) >= 11 is 0. The van der Waals surface area contributed by atoms with Crippen molar-refractivity contribution >= 4 is 0 Å². The zero-order valence-electron chi connectivity index (χ0n) is 13.3. The van der Waals surface area contributed by atoms with E-state index in [9.17, 15) is 0 Å². The van der Waals surface area contributed by atoms with Gasteiger partial charge in [0.05, 0.1) is 0 Å². The fraction of sp³-hybridized carbons (Fsp3) is 1.00. The minimum absolute atomic E-state index is 0.403. The molecule has 1 atom stereocenters. The van der Waals surface area contributed by atoms with Gasteiger partial charge in [0.2, 0.25) is 0 Å². The van der Waals surface area contributed by atoms with Gasteiger partial charge in [0, 0.05) is 0 Å². The number of unbranched alkanes of at least 4 members (excludes halogenated alkanes) is 9. The van der Waals surface area contributed by atoms with E-state index >= 15 is 0 Å². The lowest BCUT2D eigenvalue weighted by Gasteiger charge is -2.26. The van der Waals surface area contributed by atoms with Crippen molar-refractivity contribution in [2.24, 2.45) is 11.1 Å². The van der Waals surface area contributed by atoms with Crippen LogP contribution in [0.2, 0.25) is 0 Å². The third-order valence-electron chi connectivity index (χ3n) is 4.48. The monoisotopic (exact) mass is 255 g/mol. The van der Waals surface area contributed by atoms with Crippen LogP contribution < -0.4 is 5.73 Å². The number of hydrogen-bond acceptors (Lipinski definition) is 1. The second-order valence-electron chi connectivity index (χ2n) is 6.30. The first kappa shape index (κ1) is 18.0. The molecule has 0 aliphatic rings. The smallest absolute Gasteiger partial charge is 0.00233 e. The molecule has 0 saturated heterocycles. The first-order valence-electron chi connectivity index (χ1n) is 8.38. The lowest BCUT2D eigenvalue weighted by molar-refractivity contribution is 0.283. The molecule has 0 fully saturated rings. The molecule has 0 aromatic heterocycles. The van der Waals surface area contributed by atoms with Crippen LogP contribution in [0.4, 0.5) is 0 Å². The Morgan fingerprint density at radius 1 is 0.722 bits per heavy atom. The van der Waals surface area contributed by atoms with E-state index in [-0.39, 0.29) is 0 Å². The molecule has 0 saturated carbocycles. The molecule has 0 aliphatic carbocycles. The van der Waals surface area contributed by atoms with Crippen LogP contribution >= 0.6 is 0 Å². The Kier molecular flexibility index (Phi) is 12.0. The number of hydrogen-bond donors (Lipinski definition) is 1. The van der Waals surface area contributed by atoms with E-state index < -0.39 is 0 Å². The molecular weight excluding hydrogens is 218 g/mol. The molecule has 0 spiro atoms. The Balaban J connectivity index is 3.21. The van der Waals surface area contributed by atoms with Crippen molar-refractivity contribution in [1.82, 2.24) is 0 Å². The summed E-state index contributed by atoms with van der Waals surface area (Å²) in [5.41, 5.74) is 6.24. The third-order valence-corrected chi connectivity index (χ3v) is 4.48. The Morgan fingerprint density at radius 2 is 1.17 bits per heavy atom. The average molecular weight is 255 g/mol. The molecule has 0 heterocycles. The van der Waals surface area contributed by atoms with Crippen molar-refractivity contribution < 1.29 is 0 Å². The van der Waals surface area contributed by atoms with Crippen molar-refractivity contribution in [2.45, 2.75) is 97.8 Å². The first-order valence-corrected chi connectivity index (χ1v) is 8.38. The molecule has 0 radical (unpaired) electrons. The minimum Gasteiger partial charge on any atom is -0.330 e. The summed E-state index contributed by atoms with van der Waals surface area (Å²) in [5.74, 6) is 0. The summed E-state index contributed by atoms with van der Waals surface area (Å²) in [4.78, 5) is 0. The second-order valence-corrected chi connectivity index (χ2v) is 6.30. The highest BCUT2D eigenvalue weighted by Gasteiger charge is 2.18. The molecule has 1 heteroatoms. The summed E-state index contributed by atoms with van der Waals surface area (Å²) < 4.78 is 0. The van der Waals surface area contributed by atoms with Gasteiger partial charge in [-0.1, -0.05) is 85.0 Å². The first-order chi connectivity index (χ1) is 8.68. The second kappa shape index (κ2) is 12.0. The van der Waals surface area contributed by atoms with Crippen LogP contribution in [0.25, 0.3) is 0 Å². The zero-order valence-corrected chi connectivity index (χ0v) is 13.3. The maximum Gasteiger partial charge on any atom is -0.00233 e. The molecule has 0 amide bonds. The molecule has 1 unspecified atom stereocenters. The molecule has 110 valence electrons. The summed E-state index contributed by atoms with van der Waals surface area (Å²) in [6.45, 7) is 7.73. The molecule has 1 nitrogen and oxygen atoms in total. The Morgan fingerprint density at radius 3 is 1.56 bits per heavy atom. The maximum atomic E-state index is 5.84. The molecule has 0 aromatic rings. The topological polar surface area (TPSA) is 26.0 Å². The highest BCUT2D eigenvalue weighted by atomic mass is 14.6. The average Bonchev–Trinajstić information content (AvgIpc) is 2.40. The lowest BCUT2D eigenvalue weighted by atomic mass is 9.82. The van der Waals surface area contributed by atoms with E-state index in [2.05, 4.69) is 20.8 Å². The van der Waals surface area contributed by atoms with Gasteiger partial charge in [-0.15, -0.1) is 0 Å². The van der Waals surface area contributed by atoms with Crippen LogP contribution in [0.3, 0.4) is 0 Å². The van der Waals surface area contributed by atoms with E-state index in [1.165, 1.54) is 77.0 Å². The van der Waals surface area contributed by atoms with Crippen molar-refractivity contribution in [3.05, 3.63) is 0 Å². The maximum absolute atomic E-state index is 5.84. The summed E-state index contributed by atoms with van der Waals surface area (Å²) in [5, 5.41) is 0. The zero-order chi connectivity index (χ0) is 13.7. The van der Waals surface area contributed by atoms with Crippen molar-refractivity contribution in [3.8, 4) is 0 Å². The molecule has 18 heavy (non-hydrogen) atoms. The quantitative estimate of drug-likeness (QED) is 0.421. The predicted molar refractivity (Wildman–Crippen MR) is 83.9 cm³/mol. The molecule has 2 N–H and O–H groups in total. The third kappa shape index (κ3) is 9.94. The predicted octanol–water partition coefficient (Wildman–Crippen LogP) is 5.67. The van der Waals surface area contributed by atoms with Crippen LogP contribution in [0.15, 0.2) is 0 Å². The Labute approximate surface area is 116 Å². The van der Waals surface area contributed by atoms with Crippen LogP contribution in [0, 0.1) is 5.41 Å². The molecule has 0 bridgehead atoms. The summed E-state index contributed by atoms with van der Waals surface area (Å²) in [7, 11) is 0. The fourth-order valence-corrected chi connectivity index (χ4v) is 2.46. The van der Waals surface area contributed by atoms with Gasteiger partial charge in [0.1, 0.15) is 0 Å². The van der Waals surface area contributed by atoms with Crippen LogP contribution in [-0.2, 0) is 0 Å². The Hall–Kier alpha value is -0.0400. The molecular formula is C17H37N. The minimum atomic E-state index is 0.403. The van der Waals surface area contributed by atoms with E-state index in [0.29, 0.717) is 5.41 Å². The standard InChI is InChI=1S/C17H37N/c1-4-6-7-8-9-10-11-12-13-14-15-17(3,5-2)16-18/h4-16,18H2,1-3H3. The van der Waals surface area contributed by atoms with Gasteiger partial charge in [0.25, 0.3) is 0 Å². The molecule has 0 aliphatic heterocycles. The van der Waals surface area contributed by atoms with E-state index in [0.717, 1.165) is 6.54 Å². The van der Waals surface area contributed by atoms with E-state index in [1.54, 1.807) is 0 Å². The van der Waals surface area contributed by atoms with Gasteiger partial charge < -0.3 is 5.73 Å². The number of nitrogens with two attached hydrogens (primary N) is 1. The normalized spacial score (nSPS) is 14.7. The number of rotatable bonds is 13. The van der Waals surface area contributed by atoms with Crippen LogP contribution in [0.1, 0.15) is 97.8 Å². The fourth-order valence-electron chi connectivity index (χ4n) is 2.46. The van der Waals surface area contributed by atoms with Gasteiger partial charge >= 0.3 is 0 Å². The van der Waals surface area contributed by atoms with Gasteiger partial charge in [-0.25, -0.2) is 0 Å². The van der Waals surface area contributed by atoms with E-state index in [1.807, 2.05) is 0 Å². The van der Waals surface area contributed by atoms with Crippen molar-refractivity contribution in [1.29, 1.82) is 0 Å².